The van der Waals surface area contributed by atoms with Gasteiger partial charge in [-0.25, -0.2) is 14.8 Å². The highest BCUT2D eigenvalue weighted by molar-refractivity contribution is 5.67. The summed E-state index contributed by atoms with van der Waals surface area (Å²) < 4.78 is 10.7. The van der Waals surface area contributed by atoms with Gasteiger partial charge < -0.3 is 19.7 Å². The molecule has 7 heteroatoms. The fraction of sp³-hybridized carbons (Fsp3) is 0.706. The van der Waals surface area contributed by atoms with Gasteiger partial charge >= 0.3 is 6.09 Å². The second kappa shape index (κ2) is 6.93. The predicted octanol–water partition coefficient (Wildman–Crippen LogP) is 1.94. The Kier molecular flexibility index (Phi) is 4.89. The van der Waals surface area contributed by atoms with Gasteiger partial charge in [-0.3, -0.25) is 0 Å². The van der Waals surface area contributed by atoms with E-state index >= 15 is 0 Å². The normalized spacial score (nSPS) is 21.5. The van der Waals surface area contributed by atoms with Crippen LogP contribution in [-0.4, -0.2) is 54.5 Å². The van der Waals surface area contributed by atoms with Crippen LogP contribution in [0.15, 0.2) is 12.4 Å². The van der Waals surface area contributed by atoms with E-state index in [4.69, 9.17) is 9.47 Å². The number of ether oxygens (including phenoxy) is 2. The topological polar surface area (TPSA) is 76.6 Å². The van der Waals surface area contributed by atoms with E-state index in [2.05, 4.69) is 26.3 Å². The Morgan fingerprint density at radius 3 is 2.88 bits per heavy atom. The zero-order chi connectivity index (χ0) is 17.2. The SMILES string of the molecule is CC(C)(C)OC(=O)NCC1CN(c2cc(C3CCOC3)ncn2)C1. The zero-order valence-electron chi connectivity index (χ0n) is 14.6. The molecule has 24 heavy (non-hydrogen) atoms. The number of hydrogen-bond acceptors (Lipinski definition) is 6. The molecule has 132 valence electrons. The molecule has 1 aromatic rings. The Morgan fingerprint density at radius 1 is 1.42 bits per heavy atom. The smallest absolute Gasteiger partial charge is 0.407 e. The average Bonchev–Trinajstić information content (AvgIpc) is 2.98. The molecule has 2 saturated heterocycles. The number of rotatable bonds is 4. The molecule has 7 nitrogen and oxygen atoms in total. The summed E-state index contributed by atoms with van der Waals surface area (Å²) >= 11 is 0. The summed E-state index contributed by atoms with van der Waals surface area (Å²) in [5.74, 6) is 1.77. The summed E-state index contributed by atoms with van der Waals surface area (Å²) in [6, 6.07) is 2.07. The lowest BCUT2D eigenvalue weighted by Crippen LogP contribution is -2.52. The van der Waals surface area contributed by atoms with Gasteiger partial charge in [0.25, 0.3) is 0 Å². The first-order chi connectivity index (χ1) is 11.4. The molecule has 2 aliphatic rings. The molecule has 0 aliphatic carbocycles. The summed E-state index contributed by atoms with van der Waals surface area (Å²) in [5.41, 5.74) is 0.602. The molecule has 1 unspecified atom stereocenters. The van der Waals surface area contributed by atoms with E-state index in [1.54, 1.807) is 6.33 Å². The summed E-state index contributed by atoms with van der Waals surface area (Å²) in [7, 11) is 0. The first-order valence-electron chi connectivity index (χ1n) is 8.52. The lowest BCUT2D eigenvalue weighted by atomic mass is 9.99. The Bertz CT molecular complexity index is 575. The predicted molar refractivity (Wildman–Crippen MR) is 90.1 cm³/mol. The highest BCUT2D eigenvalue weighted by atomic mass is 16.6. The monoisotopic (exact) mass is 334 g/mol. The maximum Gasteiger partial charge on any atom is 0.407 e. The third-order valence-corrected chi connectivity index (χ3v) is 4.24. The van der Waals surface area contributed by atoms with Gasteiger partial charge in [-0.1, -0.05) is 0 Å². The zero-order valence-corrected chi connectivity index (χ0v) is 14.6. The third-order valence-electron chi connectivity index (χ3n) is 4.24. The molecule has 3 heterocycles. The molecule has 0 spiro atoms. The van der Waals surface area contributed by atoms with Crippen molar-refractivity contribution in [3.63, 3.8) is 0 Å². The second-order valence-electron chi connectivity index (χ2n) is 7.52. The van der Waals surface area contributed by atoms with Crippen molar-refractivity contribution >= 4 is 11.9 Å². The summed E-state index contributed by atoms with van der Waals surface area (Å²) in [4.78, 5) is 22.6. The number of anilines is 1. The minimum absolute atomic E-state index is 0.355. The van der Waals surface area contributed by atoms with Crippen LogP contribution < -0.4 is 10.2 Å². The summed E-state index contributed by atoms with van der Waals surface area (Å²) in [6.07, 6.45) is 2.31. The van der Waals surface area contributed by atoms with Crippen LogP contribution in [0.3, 0.4) is 0 Å². The van der Waals surface area contributed by atoms with Crippen molar-refractivity contribution in [1.82, 2.24) is 15.3 Å². The van der Waals surface area contributed by atoms with Crippen LogP contribution in [0, 0.1) is 5.92 Å². The van der Waals surface area contributed by atoms with Gasteiger partial charge in [-0.05, 0) is 27.2 Å². The molecule has 1 amide bonds. The van der Waals surface area contributed by atoms with E-state index in [0.29, 0.717) is 18.4 Å². The quantitative estimate of drug-likeness (QED) is 0.907. The van der Waals surface area contributed by atoms with Gasteiger partial charge in [0.15, 0.2) is 0 Å². The van der Waals surface area contributed by atoms with Crippen LogP contribution >= 0.6 is 0 Å². The Hall–Kier alpha value is -1.89. The maximum absolute atomic E-state index is 11.7. The van der Waals surface area contributed by atoms with Crippen molar-refractivity contribution in [1.29, 1.82) is 0 Å². The molecule has 3 rings (SSSR count). The number of amides is 1. The molecule has 0 saturated carbocycles. The molecule has 2 fully saturated rings. The summed E-state index contributed by atoms with van der Waals surface area (Å²) in [6.45, 7) is 9.53. The second-order valence-corrected chi connectivity index (χ2v) is 7.52. The first-order valence-corrected chi connectivity index (χ1v) is 8.52. The third kappa shape index (κ3) is 4.35. The fourth-order valence-electron chi connectivity index (χ4n) is 2.95. The van der Waals surface area contributed by atoms with Crippen molar-refractivity contribution in [2.24, 2.45) is 5.92 Å². The molecule has 0 bridgehead atoms. The maximum atomic E-state index is 11.7. The molecule has 2 aliphatic heterocycles. The van der Waals surface area contributed by atoms with Crippen LogP contribution in [0.5, 0.6) is 0 Å². The number of carbonyl (C=O) groups excluding carboxylic acids is 1. The lowest BCUT2D eigenvalue weighted by molar-refractivity contribution is 0.0516. The molecule has 0 aromatic carbocycles. The van der Waals surface area contributed by atoms with Crippen molar-refractivity contribution in [2.75, 3.05) is 37.7 Å². The van der Waals surface area contributed by atoms with Gasteiger partial charge in [0.2, 0.25) is 0 Å². The number of carbonyl (C=O) groups is 1. The highest BCUT2D eigenvalue weighted by Gasteiger charge is 2.29. The van der Waals surface area contributed by atoms with E-state index < -0.39 is 5.60 Å². The minimum atomic E-state index is -0.461. The van der Waals surface area contributed by atoms with E-state index in [0.717, 1.165) is 44.2 Å². The van der Waals surface area contributed by atoms with E-state index in [1.807, 2.05) is 20.8 Å². The van der Waals surface area contributed by atoms with Gasteiger partial charge in [-0.2, -0.15) is 0 Å². The number of hydrogen-bond donors (Lipinski definition) is 1. The Balaban J connectivity index is 1.45. The van der Waals surface area contributed by atoms with E-state index in [1.165, 1.54) is 0 Å². The average molecular weight is 334 g/mol. The van der Waals surface area contributed by atoms with Crippen LogP contribution in [0.4, 0.5) is 10.6 Å². The summed E-state index contributed by atoms with van der Waals surface area (Å²) in [5, 5.41) is 2.83. The van der Waals surface area contributed by atoms with Crippen LogP contribution in [0.25, 0.3) is 0 Å². The molecule has 1 N–H and O–H groups in total. The number of aromatic nitrogens is 2. The van der Waals surface area contributed by atoms with Crippen molar-refractivity contribution in [3.05, 3.63) is 18.1 Å². The molecule has 1 aromatic heterocycles. The van der Waals surface area contributed by atoms with Crippen molar-refractivity contribution < 1.29 is 14.3 Å². The van der Waals surface area contributed by atoms with Crippen molar-refractivity contribution in [3.8, 4) is 0 Å². The van der Waals surface area contributed by atoms with Crippen molar-refractivity contribution in [2.45, 2.75) is 38.7 Å². The molecular formula is C17H26N4O3. The fourth-order valence-corrected chi connectivity index (χ4v) is 2.95. The first kappa shape index (κ1) is 17.0. The number of nitrogens with zero attached hydrogens (tertiary/aromatic N) is 3. The highest BCUT2D eigenvalue weighted by Crippen LogP contribution is 2.28. The molecular weight excluding hydrogens is 308 g/mol. The number of nitrogens with one attached hydrogen (secondary N) is 1. The van der Waals surface area contributed by atoms with Crippen LogP contribution in [0.2, 0.25) is 0 Å². The molecule has 1 atom stereocenters. The number of alkyl carbamates (subject to hydrolysis) is 1. The van der Waals surface area contributed by atoms with Gasteiger partial charge in [0, 0.05) is 44.1 Å². The molecule has 0 radical (unpaired) electrons. The standard InChI is InChI=1S/C17H26N4O3/c1-17(2,3)24-16(22)18-7-12-8-21(9-12)15-6-14(19-11-20-15)13-4-5-23-10-13/h6,11-13H,4-5,7-10H2,1-3H3,(H,18,22). The van der Waals surface area contributed by atoms with E-state index in [-0.39, 0.29) is 6.09 Å². The van der Waals surface area contributed by atoms with Gasteiger partial charge in [0.05, 0.1) is 12.3 Å². The van der Waals surface area contributed by atoms with Crippen LogP contribution in [-0.2, 0) is 9.47 Å². The van der Waals surface area contributed by atoms with Crippen LogP contribution in [0.1, 0.15) is 38.8 Å². The Labute approximate surface area is 142 Å². The van der Waals surface area contributed by atoms with Gasteiger partial charge in [0.1, 0.15) is 17.7 Å². The minimum Gasteiger partial charge on any atom is -0.444 e. The lowest BCUT2D eigenvalue weighted by Gasteiger charge is -2.40. The largest absolute Gasteiger partial charge is 0.444 e. The Morgan fingerprint density at radius 2 is 2.21 bits per heavy atom. The van der Waals surface area contributed by atoms with E-state index in [9.17, 15) is 4.79 Å². The van der Waals surface area contributed by atoms with Gasteiger partial charge in [-0.15, -0.1) is 0 Å².